The smallest absolute Gasteiger partial charge is 0.256 e. The molecule has 0 atom stereocenters. The van der Waals surface area contributed by atoms with Crippen molar-refractivity contribution in [1.82, 2.24) is 9.97 Å². The molecule has 1 fully saturated rings. The van der Waals surface area contributed by atoms with Gasteiger partial charge in [0.2, 0.25) is 0 Å². The van der Waals surface area contributed by atoms with Crippen molar-refractivity contribution in [3.05, 3.63) is 72.6 Å². The van der Waals surface area contributed by atoms with Crippen LogP contribution in [0.2, 0.25) is 0 Å². The standard InChI is InChI=1S/C21H20N4O/c26-21(18-10-8-17(9-11-18)16-6-2-1-3-7-16)24-19-14-20(23-15-22-19)25-12-4-5-13-25/h1-3,6-11,14-15H,4-5,12-13H2,(H,22,23,24,26). The Balaban J connectivity index is 1.47. The van der Waals surface area contributed by atoms with Gasteiger partial charge in [-0.05, 0) is 36.1 Å². The maximum atomic E-state index is 12.5. The van der Waals surface area contributed by atoms with E-state index in [0.29, 0.717) is 11.4 Å². The first kappa shape index (κ1) is 16.3. The lowest BCUT2D eigenvalue weighted by atomic mass is 10.0. The molecule has 0 aliphatic carbocycles. The Labute approximate surface area is 152 Å². The Kier molecular flexibility index (Phi) is 4.60. The average molecular weight is 344 g/mol. The van der Waals surface area contributed by atoms with Gasteiger partial charge in [-0.2, -0.15) is 0 Å². The molecule has 3 aromatic rings. The zero-order chi connectivity index (χ0) is 17.8. The number of rotatable bonds is 4. The summed E-state index contributed by atoms with van der Waals surface area (Å²) in [5.74, 6) is 1.22. The molecule has 26 heavy (non-hydrogen) atoms. The number of amides is 1. The highest BCUT2D eigenvalue weighted by Gasteiger charge is 2.15. The van der Waals surface area contributed by atoms with Crippen LogP contribution in [-0.2, 0) is 0 Å². The summed E-state index contributed by atoms with van der Waals surface area (Å²) in [7, 11) is 0. The molecular weight excluding hydrogens is 324 g/mol. The quantitative estimate of drug-likeness (QED) is 0.777. The Hall–Kier alpha value is -3.21. The van der Waals surface area contributed by atoms with Gasteiger partial charge in [0.25, 0.3) is 5.91 Å². The summed E-state index contributed by atoms with van der Waals surface area (Å²) >= 11 is 0. The van der Waals surface area contributed by atoms with E-state index in [-0.39, 0.29) is 5.91 Å². The third kappa shape index (κ3) is 3.57. The molecule has 5 nitrogen and oxygen atoms in total. The number of hydrogen-bond acceptors (Lipinski definition) is 4. The van der Waals surface area contributed by atoms with Crippen molar-refractivity contribution in [2.75, 3.05) is 23.3 Å². The summed E-state index contributed by atoms with van der Waals surface area (Å²) in [6.07, 6.45) is 3.86. The van der Waals surface area contributed by atoms with Gasteiger partial charge in [-0.3, -0.25) is 4.79 Å². The van der Waals surface area contributed by atoms with Gasteiger partial charge < -0.3 is 10.2 Å². The average Bonchev–Trinajstić information content (AvgIpc) is 3.24. The van der Waals surface area contributed by atoms with Crippen LogP contribution in [0.5, 0.6) is 0 Å². The third-order valence-corrected chi connectivity index (χ3v) is 4.58. The number of carbonyl (C=O) groups excluding carboxylic acids is 1. The number of carbonyl (C=O) groups is 1. The fraction of sp³-hybridized carbons (Fsp3) is 0.190. The molecule has 1 amide bonds. The van der Waals surface area contributed by atoms with Gasteiger partial charge in [-0.25, -0.2) is 9.97 Å². The lowest BCUT2D eigenvalue weighted by Crippen LogP contribution is -2.20. The van der Waals surface area contributed by atoms with Gasteiger partial charge in [0.15, 0.2) is 0 Å². The minimum Gasteiger partial charge on any atom is -0.356 e. The molecule has 1 aliphatic rings. The van der Waals surface area contributed by atoms with Gasteiger partial charge >= 0.3 is 0 Å². The van der Waals surface area contributed by atoms with Crippen LogP contribution < -0.4 is 10.2 Å². The Morgan fingerprint density at radius 2 is 1.58 bits per heavy atom. The molecule has 1 saturated heterocycles. The van der Waals surface area contributed by atoms with Crippen LogP contribution in [0.15, 0.2) is 67.0 Å². The normalized spacial score (nSPS) is 13.6. The van der Waals surface area contributed by atoms with Gasteiger partial charge in [-0.1, -0.05) is 42.5 Å². The molecule has 0 unspecified atom stereocenters. The first-order valence-electron chi connectivity index (χ1n) is 8.83. The van der Waals surface area contributed by atoms with E-state index >= 15 is 0 Å². The van der Waals surface area contributed by atoms with Crippen molar-refractivity contribution < 1.29 is 4.79 Å². The zero-order valence-electron chi connectivity index (χ0n) is 14.4. The lowest BCUT2D eigenvalue weighted by Gasteiger charge is -2.16. The third-order valence-electron chi connectivity index (χ3n) is 4.58. The highest BCUT2D eigenvalue weighted by molar-refractivity contribution is 6.04. The van der Waals surface area contributed by atoms with Crippen LogP contribution in [0.25, 0.3) is 11.1 Å². The Bertz CT molecular complexity index is 887. The van der Waals surface area contributed by atoms with Crippen molar-refractivity contribution in [3.8, 4) is 11.1 Å². The van der Waals surface area contributed by atoms with Crippen molar-refractivity contribution in [2.45, 2.75) is 12.8 Å². The predicted molar refractivity (Wildman–Crippen MR) is 103 cm³/mol. The number of hydrogen-bond donors (Lipinski definition) is 1. The van der Waals surface area contributed by atoms with E-state index in [9.17, 15) is 4.79 Å². The molecule has 0 spiro atoms. The molecule has 1 N–H and O–H groups in total. The van der Waals surface area contributed by atoms with E-state index in [0.717, 1.165) is 30.0 Å². The fourth-order valence-electron chi connectivity index (χ4n) is 3.17. The molecule has 4 rings (SSSR count). The number of nitrogens with zero attached hydrogens (tertiary/aromatic N) is 3. The van der Waals surface area contributed by atoms with Crippen molar-refractivity contribution in [1.29, 1.82) is 0 Å². The van der Waals surface area contributed by atoms with E-state index in [2.05, 4.69) is 32.3 Å². The second kappa shape index (κ2) is 7.35. The van der Waals surface area contributed by atoms with E-state index in [4.69, 9.17) is 0 Å². The highest BCUT2D eigenvalue weighted by atomic mass is 16.1. The summed E-state index contributed by atoms with van der Waals surface area (Å²) in [5, 5.41) is 2.86. The van der Waals surface area contributed by atoms with Gasteiger partial charge in [0.05, 0.1) is 0 Å². The number of nitrogens with one attached hydrogen (secondary N) is 1. The summed E-state index contributed by atoms with van der Waals surface area (Å²) in [5.41, 5.74) is 2.82. The number of anilines is 2. The van der Waals surface area contributed by atoms with Gasteiger partial charge in [0.1, 0.15) is 18.0 Å². The fourth-order valence-corrected chi connectivity index (χ4v) is 3.17. The predicted octanol–water partition coefficient (Wildman–Crippen LogP) is 4.00. The van der Waals surface area contributed by atoms with Crippen molar-refractivity contribution in [2.24, 2.45) is 0 Å². The summed E-state index contributed by atoms with van der Waals surface area (Å²) in [6, 6.07) is 19.5. The summed E-state index contributed by atoms with van der Waals surface area (Å²) in [6.45, 7) is 2.01. The molecule has 1 aromatic heterocycles. The molecule has 2 aromatic carbocycles. The summed E-state index contributed by atoms with van der Waals surface area (Å²) in [4.78, 5) is 23.2. The molecule has 2 heterocycles. The van der Waals surface area contributed by atoms with Crippen LogP contribution in [0.1, 0.15) is 23.2 Å². The Morgan fingerprint density at radius 1 is 0.885 bits per heavy atom. The SMILES string of the molecule is O=C(Nc1cc(N2CCCC2)ncn1)c1ccc(-c2ccccc2)cc1. The van der Waals surface area contributed by atoms with Crippen LogP contribution in [0.4, 0.5) is 11.6 Å². The molecule has 130 valence electrons. The molecule has 1 aliphatic heterocycles. The molecular formula is C21H20N4O. The van der Waals surface area contributed by atoms with Crippen molar-refractivity contribution in [3.63, 3.8) is 0 Å². The van der Waals surface area contributed by atoms with E-state index < -0.39 is 0 Å². The maximum absolute atomic E-state index is 12.5. The minimum atomic E-state index is -0.171. The second-order valence-electron chi connectivity index (χ2n) is 6.35. The van der Waals surface area contributed by atoms with Crippen LogP contribution >= 0.6 is 0 Å². The van der Waals surface area contributed by atoms with E-state index in [1.54, 1.807) is 0 Å². The zero-order valence-corrected chi connectivity index (χ0v) is 14.4. The van der Waals surface area contributed by atoms with E-state index in [1.807, 2.05) is 48.5 Å². The van der Waals surface area contributed by atoms with Gasteiger partial charge in [0, 0.05) is 24.7 Å². The Morgan fingerprint density at radius 3 is 2.31 bits per heavy atom. The molecule has 0 radical (unpaired) electrons. The summed E-state index contributed by atoms with van der Waals surface area (Å²) < 4.78 is 0. The van der Waals surface area contributed by atoms with E-state index in [1.165, 1.54) is 19.2 Å². The van der Waals surface area contributed by atoms with Crippen LogP contribution in [0.3, 0.4) is 0 Å². The molecule has 0 bridgehead atoms. The highest BCUT2D eigenvalue weighted by Crippen LogP contribution is 2.21. The maximum Gasteiger partial charge on any atom is 0.256 e. The monoisotopic (exact) mass is 344 g/mol. The van der Waals surface area contributed by atoms with Gasteiger partial charge in [-0.15, -0.1) is 0 Å². The topological polar surface area (TPSA) is 58.1 Å². The number of benzene rings is 2. The first-order chi connectivity index (χ1) is 12.8. The second-order valence-corrected chi connectivity index (χ2v) is 6.35. The lowest BCUT2D eigenvalue weighted by molar-refractivity contribution is 0.102. The largest absolute Gasteiger partial charge is 0.356 e. The number of aromatic nitrogens is 2. The van der Waals surface area contributed by atoms with Crippen LogP contribution in [-0.4, -0.2) is 29.0 Å². The van der Waals surface area contributed by atoms with Crippen molar-refractivity contribution >= 4 is 17.5 Å². The molecule has 5 heteroatoms. The first-order valence-corrected chi connectivity index (χ1v) is 8.83. The van der Waals surface area contributed by atoms with Crippen LogP contribution in [0, 0.1) is 0 Å². The minimum absolute atomic E-state index is 0.171. The molecule has 0 saturated carbocycles.